The van der Waals surface area contributed by atoms with Gasteiger partial charge in [0.05, 0.1) is 11.4 Å². The Bertz CT molecular complexity index is 1530. The summed E-state index contributed by atoms with van der Waals surface area (Å²) in [4.78, 5) is 16.5. The smallest absolute Gasteiger partial charge is 0.250 e. The third-order valence-corrected chi connectivity index (χ3v) is 7.02. The Kier molecular flexibility index (Phi) is 6.68. The normalized spacial score (nSPS) is 14.8. The van der Waals surface area contributed by atoms with Crippen molar-refractivity contribution >= 4 is 17.0 Å². The Morgan fingerprint density at radius 1 is 1.22 bits per heavy atom. The van der Waals surface area contributed by atoms with Crippen LogP contribution in [0.4, 0.5) is 5.82 Å². The number of aromatic nitrogens is 4. The second kappa shape index (κ2) is 10.1. The van der Waals surface area contributed by atoms with E-state index < -0.39 is 0 Å². The number of nitrogens with zero attached hydrogens (tertiary/aromatic N) is 5. The summed E-state index contributed by atoms with van der Waals surface area (Å²) >= 11 is 0. The average Bonchev–Trinajstić information content (AvgIpc) is 3.30. The van der Waals surface area contributed by atoms with Crippen LogP contribution in [-0.2, 0) is 11.3 Å². The highest BCUT2D eigenvalue weighted by atomic mass is 16.5. The zero-order chi connectivity index (χ0) is 26.1. The summed E-state index contributed by atoms with van der Waals surface area (Å²) < 4.78 is 8.98. The Morgan fingerprint density at radius 3 is 2.70 bits per heavy atom. The van der Waals surface area contributed by atoms with Gasteiger partial charge in [-0.3, -0.25) is 4.79 Å². The molecule has 1 aliphatic rings. The van der Waals surface area contributed by atoms with E-state index in [2.05, 4.69) is 16.1 Å². The number of hydrogen-bond acceptors (Lipinski definition) is 8. The average molecular weight is 501 g/mol. The minimum Gasteiger partial charge on any atom is -0.403 e. The SMILES string of the molecule is CCn1cc(-c2cccc(-c3cc(/C(=C/N)N(N)C4CCOCC4)c4c(N)ncnn34)c2)c(C)cc1=O. The largest absolute Gasteiger partial charge is 0.403 e. The fourth-order valence-electron chi connectivity index (χ4n) is 5.01. The second-order valence-electron chi connectivity index (χ2n) is 9.23. The number of nitrogen functional groups attached to an aromatic ring is 1. The van der Waals surface area contributed by atoms with Gasteiger partial charge in [-0.25, -0.2) is 15.3 Å². The Morgan fingerprint density at radius 2 is 1.97 bits per heavy atom. The van der Waals surface area contributed by atoms with Gasteiger partial charge in [0.2, 0.25) is 0 Å². The van der Waals surface area contributed by atoms with Gasteiger partial charge in [0.15, 0.2) is 5.82 Å². The van der Waals surface area contributed by atoms with E-state index in [1.165, 1.54) is 12.5 Å². The Labute approximate surface area is 214 Å². The van der Waals surface area contributed by atoms with Gasteiger partial charge in [-0.1, -0.05) is 18.2 Å². The highest BCUT2D eigenvalue weighted by Gasteiger charge is 2.26. The van der Waals surface area contributed by atoms with Gasteiger partial charge < -0.3 is 25.8 Å². The molecule has 0 amide bonds. The summed E-state index contributed by atoms with van der Waals surface area (Å²) in [6.07, 6.45) is 6.47. The van der Waals surface area contributed by atoms with Crippen LogP contribution in [0.2, 0.25) is 0 Å². The summed E-state index contributed by atoms with van der Waals surface area (Å²) in [6, 6.07) is 11.9. The topological polar surface area (TPSA) is 143 Å². The molecule has 10 heteroatoms. The number of fused-ring (bicyclic) bond motifs is 1. The van der Waals surface area contributed by atoms with Crippen molar-refractivity contribution in [3.63, 3.8) is 0 Å². The second-order valence-corrected chi connectivity index (χ2v) is 9.23. The van der Waals surface area contributed by atoms with Crippen LogP contribution in [0, 0.1) is 6.92 Å². The molecule has 1 aliphatic heterocycles. The molecular weight excluding hydrogens is 468 g/mol. The van der Waals surface area contributed by atoms with Crippen LogP contribution in [0.1, 0.15) is 30.9 Å². The van der Waals surface area contributed by atoms with E-state index in [-0.39, 0.29) is 11.6 Å². The highest BCUT2D eigenvalue weighted by molar-refractivity contribution is 5.89. The monoisotopic (exact) mass is 500 g/mol. The van der Waals surface area contributed by atoms with E-state index in [1.54, 1.807) is 20.2 Å². The Balaban J connectivity index is 1.64. The van der Waals surface area contributed by atoms with Gasteiger partial charge in [0, 0.05) is 61.0 Å². The first kappa shape index (κ1) is 24.5. The summed E-state index contributed by atoms with van der Waals surface area (Å²) in [5.41, 5.74) is 19.2. The third-order valence-electron chi connectivity index (χ3n) is 7.02. The minimum absolute atomic E-state index is 0.00808. The first-order chi connectivity index (χ1) is 17.9. The van der Waals surface area contributed by atoms with Gasteiger partial charge in [-0.05, 0) is 49.9 Å². The van der Waals surface area contributed by atoms with Crippen molar-refractivity contribution in [1.29, 1.82) is 0 Å². The van der Waals surface area contributed by atoms with Gasteiger partial charge in [-0.15, -0.1) is 0 Å². The van der Waals surface area contributed by atoms with E-state index in [0.29, 0.717) is 36.8 Å². The molecule has 0 bridgehead atoms. The molecule has 1 fully saturated rings. The number of ether oxygens (including phenoxy) is 1. The van der Waals surface area contributed by atoms with Crippen molar-refractivity contribution < 1.29 is 4.74 Å². The molecule has 0 atom stereocenters. The molecule has 1 aromatic carbocycles. The summed E-state index contributed by atoms with van der Waals surface area (Å²) in [5, 5.41) is 6.23. The number of hydrogen-bond donors (Lipinski definition) is 3. The van der Waals surface area contributed by atoms with Crippen molar-refractivity contribution in [3.8, 4) is 22.4 Å². The van der Waals surface area contributed by atoms with Gasteiger partial charge in [0.1, 0.15) is 11.8 Å². The number of hydrazine groups is 1. The van der Waals surface area contributed by atoms with Gasteiger partial charge in [0.25, 0.3) is 5.56 Å². The number of aryl methyl sites for hydroxylation is 2. The molecule has 1 saturated heterocycles. The maximum atomic E-state index is 12.3. The standard InChI is InChI=1S/C27H32N8O2/c1-3-33-15-22(17(2)11-25(33)36)18-5-4-6-19(12-18)23-13-21(26-27(29)31-16-32-35(23)26)24(14-28)34(30)20-7-9-37-10-8-20/h4-6,11-16,20H,3,7-10,28,30H2,1-2H3,(H2,29,31,32)/b24-14-. The molecule has 4 heterocycles. The number of nitrogens with two attached hydrogens (primary N) is 3. The van der Waals surface area contributed by atoms with E-state index >= 15 is 0 Å². The lowest BCUT2D eigenvalue weighted by Crippen LogP contribution is -2.43. The van der Waals surface area contributed by atoms with E-state index in [4.69, 9.17) is 22.0 Å². The van der Waals surface area contributed by atoms with Crippen LogP contribution >= 0.6 is 0 Å². The predicted octanol–water partition coefficient (Wildman–Crippen LogP) is 2.75. The number of benzene rings is 1. The van der Waals surface area contributed by atoms with E-state index in [0.717, 1.165) is 46.4 Å². The first-order valence-corrected chi connectivity index (χ1v) is 12.4. The Hall–Kier alpha value is -4.15. The fraction of sp³-hybridized carbons (Fsp3) is 0.296. The third kappa shape index (κ3) is 4.45. The first-order valence-electron chi connectivity index (χ1n) is 12.4. The molecule has 192 valence electrons. The van der Waals surface area contributed by atoms with Crippen LogP contribution in [0.3, 0.4) is 0 Å². The fourth-order valence-corrected chi connectivity index (χ4v) is 5.01. The highest BCUT2D eigenvalue weighted by Crippen LogP contribution is 2.35. The molecule has 10 nitrogen and oxygen atoms in total. The van der Waals surface area contributed by atoms with Crippen molar-refractivity contribution in [3.05, 3.63) is 76.6 Å². The quantitative estimate of drug-likeness (QED) is 0.271. The van der Waals surface area contributed by atoms with Crippen molar-refractivity contribution in [2.45, 2.75) is 39.3 Å². The lowest BCUT2D eigenvalue weighted by Gasteiger charge is -2.33. The molecule has 5 rings (SSSR count). The van der Waals surface area contributed by atoms with Crippen molar-refractivity contribution in [2.24, 2.45) is 11.6 Å². The van der Waals surface area contributed by atoms with E-state index in [9.17, 15) is 4.79 Å². The molecule has 6 N–H and O–H groups in total. The van der Waals surface area contributed by atoms with Crippen LogP contribution in [0.15, 0.2) is 59.9 Å². The molecule has 4 aromatic rings. The predicted molar refractivity (Wildman–Crippen MR) is 145 cm³/mol. The van der Waals surface area contributed by atoms with Crippen LogP contribution in [-0.4, -0.2) is 43.4 Å². The van der Waals surface area contributed by atoms with Crippen molar-refractivity contribution in [1.82, 2.24) is 24.2 Å². The maximum absolute atomic E-state index is 12.3. The van der Waals surface area contributed by atoms with Crippen LogP contribution in [0.25, 0.3) is 33.6 Å². The maximum Gasteiger partial charge on any atom is 0.250 e. The molecular formula is C27H32N8O2. The van der Waals surface area contributed by atoms with Crippen molar-refractivity contribution in [2.75, 3.05) is 18.9 Å². The summed E-state index contributed by atoms with van der Waals surface area (Å²) in [5.74, 6) is 6.92. The zero-order valence-electron chi connectivity index (χ0n) is 21.1. The lowest BCUT2D eigenvalue weighted by atomic mass is 9.99. The molecule has 0 radical (unpaired) electrons. The van der Waals surface area contributed by atoms with Gasteiger partial charge in [-0.2, -0.15) is 5.10 Å². The molecule has 0 spiro atoms. The lowest BCUT2D eigenvalue weighted by molar-refractivity contribution is 0.0525. The summed E-state index contributed by atoms with van der Waals surface area (Å²) in [7, 11) is 0. The van der Waals surface area contributed by atoms with Crippen LogP contribution in [0.5, 0.6) is 0 Å². The molecule has 0 aliphatic carbocycles. The molecule has 37 heavy (non-hydrogen) atoms. The van der Waals surface area contributed by atoms with Crippen LogP contribution < -0.4 is 22.9 Å². The summed E-state index contributed by atoms with van der Waals surface area (Å²) in [6.45, 7) is 5.82. The molecule has 0 unspecified atom stereocenters. The molecule has 0 saturated carbocycles. The minimum atomic E-state index is -0.00808. The molecule has 3 aromatic heterocycles. The van der Waals surface area contributed by atoms with Gasteiger partial charge >= 0.3 is 0 Å². The number of anilines is 1. The number of rotatable bonds is 6. The number of pyridine rings is 1. The van der Waals surface area contributed by atoms with E-state index in [1.807, 2.05) is 44.3 Å². The zero-order valence-corrected chi connectivity index (χ0v) is 21.1.